The Hall–Kier alpha value is -1.39. The number of carbonyl (C=O) groups excluding carboxylic acids is 1. The van der Waals surface area contributed by atoms with Crippen molar-refractivity contribution in [3.8, 4) is 0 Å². The minimum Gasteiger partial charge on any atom is -0.463 e. The smallest absolute Gasteiger partial charge is 0.305 e. The van der Waals surface area contributed by atoms with Gasteiger partial charge < -0.3 is 14.2 Å². The number of unbranched alkanes of at least 4 members (excludes halogenated alkanes) is 8. The van der Waals surface area contributed by atoms with E-state index in [0.29, 0.717) is 39.5 Å². The zero-order valence-electron chi connectivity index (χ0n) is 17.1. The molecule has 0 radical (unpaired) electrons. The maximum atomic E-state index is 11.6. The first-order valence-corrected chi connectivity index (χ1v) is 10.7. The molecular formula is C23H38O4. The summed E-state index contributed by atoms with van der Waals surface area (Å²) >= 11 is 0. The molecule has 4 heteroatoms. The van der Waals surface area contributed by atoms with E-state index >= 15 is 0 Å². The molecule has 0 atom stereocenters. The van der Waals surface area contributed by atoms with E-state index in [1.165, 1.54) is 44.9 Å². The van der Waals surface area contributed by atoms with Crippen LogP contribution in [-0.4, -0.2) is 32.4 Å². The quantitative estimate of drug-likeness (QED) is 0.243. The van der Waals surface area contributed by atoms with Gasteiger partial charge in [-0.2, -0.15) is 0 Å². The van der Waals surface area contributed by atoms with Gasteiger partial charge >= 0.3 is 5.97 Å². The molecule has 27 heavy (non-hydrogen) atoms. The van der Waals surface area contributed by atoms with Crippen LogP contribution in [0.25, 0.3) is 0 Å². The van der Waals surface area contributed by atoms with Crippen molar-refractivity contribution in [1.29, 1.82) is 0 Å². The number of esters is 1. The first-order chi connectivity index (χ1) is 13.3. The lowest BCUT2D eigenvalue weighted by Crippen LogP contribution is -2.12. The van der Waals surface area contributed by atoms with Crippen molar-refractivity contribution >= 4 is 5.97 Å². The lowest BCUT2D eigenvalue weighted by atomic mass is 10.1. The third-order valence-electron chi connectivity index (χ3n) is 4.46. The average Bonchev–Trinajstić information content (AvgIpc) is 2.69. The Morgan fingerprint density at radius 1 is 0.741 bits per heavy atom. The molecule has 1 aromatic carbocycles. The molecule has 0 aliphatic rings. The molecule has 154 valence electrons. The van der Waals surface area contributed by atoms with Gasteiger partial charge in [0, 0.05) is 6.42 Å². The van der Waals surface area contributed by atoms with Crippen LogP contribution >= 0.6 is 0 Å². The standard InChI is InChI=1S/C23H38O4/c1-2-3-4-5-6-7-8-9-13-16-23(24)27-20-19-25-17-18-26-21-22-14-11-10-12-15-22/h10-12,14-15H,2-9,13,16-21H2,1H3. The van der Waals surface area contributed by atoms with Crippen LogP contribution in [0.15, 0.2) is 30.3 Å². The van der Waals surface area contributed by atoms with Gasteiger partial charge in [-0.1, -0.05) is 88.6 Å². The van der Waals surface area contributed by atoms with E-state index in [-0.39, 0.29) is 5.97 Å². The monoisotopic (exact) mass is 378 g/mol. The molecule has 0 spiro atoms. The van der Waals surface area contributed by atoms with Crippen LogP contribution < -0.4 is 0 Å². The van der Waals surface area contributed by atoms with Gasteiger partial charge in [0.15, 0.2) is 0 Å². The highest BCUT2D eigenvalue weighted by Gasteiger charge is 2.02. The number of hydrogen-bond donors (Lipinski definition) is 0. The predicted molar refractivity (Wildman–Crippen MR) is 110 cm³/mol. The highest BCUT2D eigenvalue weighted by atomic mass is 16.6. The van der Waals surface area contributed by atoms with Crippen LogP contribution in [0.3, 0.4) is 0 Å². The van der Waals surface area contributed by atoms with E-state index in [1.807, 2.05) is 30.3 Å². The van der Waals surface area contributed by atoms with Crippen molar-refractivity contribution in [3.63, 3.8) is 0 Å². The van der Waals surface area contributed by atoms with E-state index in [4.69, 9.17) is 14.2 Å². The third kappa shape index (κ3) is 15.4. The van der Waals surface area contributed by atoms with Gasteiger partial charge in [-0.25, -0.2) is 0 Å². The molecule has 0 saturated heterocycles. The summed E-state index contributed by atoms with van der Waals surface area (Å²) in [6, 6.07) is 10.1. The number of hydrogen-bond acceptors (Lipinski definition) is 4. The minimum absolute atomic E-state index is 0.109. The molecule has 0 N–H and O–H groups in total. The summed E-state index contributed by atoms with van der Waals surface area (Å²) in [7, 11) is 0. The predicted octanol–water partition coefficient (Wildman–Crippen LogP) is 5.68. The Kier molecular flexibility index (Phi) is 15.8. The third-order valence-corrected chi connectivity index (χ3v) is 4.46. The second-order valence-corrected chi connectivity index (χ2v) is 6.95. The number of rotatable bonds is 18. The molecule has 1 rings (SSSR count). The summed E-state index contributed by atoms with van der Waals surface area (Å²) in [4.78, 5) is 11.6. The Balaban J connectivity index is 1.78. The summed E-state index contributed by atoms with van der Waals surface area (Å²) in [5.74, 6) is -0.109. The van der Waals surface area contributed by atoms with Gasteiger partial charge in [0.25, 0.3) is 0 Å². The molecule has 0 aliphatic carbocycles. The summed E-state index contributed by atoms with van der Waals surface area (Å²) in [5, 5.41) is 0. The molecule has 0 unspecified atom stereocenters. The van der Waals surface area contributed by atoms with E-state index in [0.717, 1.165) is 18.4 Å². The zero-order valence-corrected chi connectivity index (χ0v) is 17.1. The van der Waals surface area contributed by atoms with Gasteiger partial charge in [-0.05, 0) is 12.0 Å². The van der Waals surface area contributed by atoms with Crippen molar-refractivity contribution in [2.75, 3.05) is 26.4 Å². The van der Waals surface area contributed by atoms with E-state index in [1.54, 1.807) is 0 Å². The fourth-order valence-corrected chi connectivity index (χ4v) is 2.85. The average molecular weight is 379 g/mol. The maximum Gasteiger partial charge on any atom is 0.305 e. The van der Waals surface area contributed by atoms with E-state index in [9.17, 15) is 4.79 Å². The largest absolute Gasteiger partial charge is 0.463 e. The molecule has 0 aliphatic heterocycles. The summed E-state index contributed by atoms with van der Waals surface area (Å²) in [6.07, 6.45) is 11.8. The van der Waals surface area contributed by atoms with Crippen LogP contribution in [0, 0.1) is 0 Å². The van der Waals surface area contributed by atoms with E-state index < -0.39 is 0 Å². The Bertz CT molecular complexity index is 447. The lowest BCUT2D eigenvalue weighted by molar-refractivity contribution is -0.145. The molecule has 0 heterocycles. The fraction of sp³-hybridized carbons (Fsp3) is 0.696. The van der Waals surface area contributed by atoms with Gasteiger partial charge in [0.05, 0.1) is 26.4 Å². The van der Waals surface area contributed by atoms with Gasteiger partial charge in [0.2, 0.25) is 0 Å². The Morgan fingerprint density at radius 3 is 2.04 bits per heavy atom. The second-order valence-electron chi connectivity index (χ2n) is 6.95. The molecule has 0 saturated carbocycles. The normalized spacial score (nSPS) is 10.9. The molecule has 1 aromatic rings. The SMILES string of the molecule is CCCCCCCCCCCC(=O)OCCOCCOCc1ccccc1. The van der Waals surface area contributed by atoms with Crippen molar-refractivity contribution in [3.05, 3.63) is 35.9 Å². The Morgan fingerprint density at radius 2 is 1.33 bits per heavy atom. The zero-order chi connectivity index (χ0) is 19.4. The van der Waals surface area contributed by atoms with Gasteiger partial charge in [-0.3, -0.25) is 4.79 Å². The van der Waals surface area contributed by atoms with Crippen LogP contribution in [0.1, 0.15) is 76.7 Å². The van der Waals surface area contributed by atoms with Crippen molar-refractivity contribution in [1.82, 2.24) is 0 Å². The van der Waals surface area contributed by atoms with Crippen molar-refractivity contribution in [2.45, 2.75) is 77.7 Å². The molecular weight excluding hydrogens is 340 g/mol. The summed E-state index contributed by atoms with van der Waals surface area (Å²) in [6.45, 7) is 4.65. The molecule has 0 bridgehead atoms. The van der Waals surface area contributed by atoms with E-state index in [2.05, 4.69) is 6.92 Å². The van der Waals surface area contributed by atoms with Crippen molar-refractivity contribution in [2.24, 2.45) is 0 Å². The summed E-state index contributed by atoms with van der Waals surface area (Å²) in [5.41, 5.74) is 1.16. The maximum absolute atomic E-state index is 11.6. The molecule has 0 fully saturated rings. The van der Waals surface area contributed by atoms with Crippen molar-refractivity contribution < 1.29 is 19.0 Å². The number of benzene rings is 1. The molecule has 0 aromatic heterocycles. The van der Waals surface area contributed by atoms with Crippen LogP contribution in [0.2, 0.25) is 0 Å². The first-order valence-electron chi connectivity index (χ1n) is 10.7. The summed E-state index contributed by atoms with van der Waals surface area (Å²) < 4.78 is 16.1. The number of ether oxygens (including phenoxy) is 3. The van der Waals surface area contributed by atoms with Gasteiger partial charge in [-0.15, -0.1) is 0 Å². The Labute approximate surface area is 165 Å². The molecule has 0 amide bonds. The lowest BCUT2D eigenvalue weighted by Gasteiger charge is -2.07. The van der Waals surface area contributed by atoms with Crippen LogP contribution in [0.4, 0.5) is 0 Å². The first kappa shape index (κ1) is 23.6. The van der Waals surface area contributed by atoms with Crippen LogP contribution in [0.5, 0.6) is 0 Å². The number of carbonyl (C=O) groups is 1. The topological polar surface area (TPSA) is 44.8 Å². The second kappa shape index (κ2) is 18.0. The minimum atomic E-state index is -0.109. The fourth-order valence-electron chi connectivity index (χ4n) is 2.85. The molecule has 4 nitrogen and oxygen atoms in total. The highest BCUT2D eigenvalue weighted by molar-refractivity contribution is 5.69. The van der Waals surface area contributed by atoms with Gasteiger partial charge in [0.1, 0.15) is 6.61 Å². The highest BCUT2D eigenvalue weighted by Crippen LogP contribution is 2.10. The van der Waals surface area contributed by atoms with Crippen LogP contribution in [-0.2, 0) is 25.6 Å².